The van der Waals surface area contributed by atoms with Crippen LogP contribution < -0.4 is 0 Å². The third-order valence-electron chi connectivity index (χ3n) is 2.87. The second kappa shape index (κ2) is 5.72. The molecule has 0 atom stereocenters. The average molecular weight is 391 g/mol. The Morgan fingerprint density at radius 2 is 2.10 bits per heavy atom. The molecule has 2 heterocycles. The smallest absolute Gasteiger partial charge is 0.258 e. The fourth-order valence-electron chi connectivity index (χ4n) is 1.86. The Hall–Kier alpha value is -2.09. The molecule has 0 amide bonds. The molecule has 2 aromatic heterocycles. The summed E-state index contributed by atoms with van der Waals surface area (Å²) in [5.74, 6) is 0.796. The van der Waals surface area contributed by atoms with Crippen LogP contribution in [0.25, 0.3) is 23.0 Å². The van der Waals surface area contributed by atoms with Gasteiger partial charge in [-0.2, -0.15) is 4.98 Å². The largest absolute Gasteiger partial charge is 0.334 e. The molecule has 0 radical (unpaired) electrons. The lowest BCUT2D eigenvalue weighted by Gasteiger charge is -2.00. The number of nitrogens with zero attached hydrogens (tertiary/aromatic N) is 3. The first kappa shape index (κ1) is 13.9. The lowest BCUT2D eigenvalue weighted by atomic mass is 10.1. The van der Waals surface area contributed by atoms with Gasteiger partial charge < -0.3 is 4.52 Å². The van der Waals surface area contributed by atoms with Crippen LogP contribution in [0.1, 0.15) is 17.3 Å². The zero-order chi connectivity index (χ0) is 14.8. The van der Waals surface area contributed by atoms with Crippen molar-refractivity contribution >= 4 is 28.4 Å². The van der Waals surface area contributed by atoms with Crippen molar-refractivity contribution < 1.29 is 9.32 Å². The van der Waals surface area contributed by atoms with Gasteiger partial charge in [0, 0.05) is 20.9 Å². The van der Waals surface area contributed by atoms with Gasteiger partial charge in [-0.3, -0.25) is 9.78 Å². The van der Waals surface area contributed by atoms with Crippen LogP contribution in [-0.2, 0) is 0 Å². The minimum atomic E-state index is -0.000712. The third kappa shape index (κ3) is 2.99. The number of carbonyl (C=O) groups is 1. The van der Waals surface area contributed by atoms with E-state index in [-0.39, 0.29) is 5.78 Å². The Kier molecular flexibility index (Phi) is 3.78. The molecule has 0 N–H and O–H groups in total. The fraction of sp³-hybridized carbons (Fsp3) is 0.0667. The number of rotatable bonds is 3. The normalized spacial score (nSPS) is 10.6. The molecule has 0 aliphatic rings. The van der Waals surface area contributed by atoms with Crippen molar-refractivity contribution in [3.63, 3.8) is 0 Å². The molecule has 6 heteroatoms. The van der Waals surface area contributed by atoms with E-state index in [1.165, 1.54) is 6.92 Å². The highest BCUT2D eigenvalue weighted by Gasteiger charge is 2.13. The van der Waals surface area contributed by atoms with Crippen molar-refractivity contribution in [1.29, 1.82) is 0 Å². The van der Waals surface area contributed by atoms with E-state index in [0.717, 1.165) is 9.13 Å². The number of pyridine rings is 1. The van der Waals surface area contributed by atoms with Crippen LogP contribution in [0, 0.1) is 3.57 Å². The number of hydrogen-bond acceptors (Lipinski definition) is 5. The summed E-state index contributed by atoms with van der Waals surface area (Å²) in [5.41, 5.74) is 1.99. The molecule has 0 saturated heterocycles. The number of Topliss-reactive ketones (excluding diaryl/α,β-unsaturated/α-hetero) is 1. The number of benzene rings is 1. The van der Waals surface area contributed by atoms with Crippen LogP contribution in [-0.4, -0.2) is 20.9 Å². The first-order valence-corrected chi connectivity index (χ1v) is 7.28. The summed E-state index contributed by atoms with van der Waals surface area (Å²) in [6, 6.07) is 11.0. The highest BCUT2D eigenvalue weighted by Crippen LogP contribution is 2.24. The summed E-state index contributed by atoms with van der Waals surface area (Å²) in [6.45, 7) is 1.53. The quantitative estimate of drug-likeness (QED) is 0.504. The first-order valence-electron chi connectivity index (χ1n) is 6.20. The molecule has 0 aliphatic carbocycles. The maximum atomic E-state index is 11.5. The number of aromatic nitrogens is 3. The predicted octanol–water partition coefficient (Wildman–Crippen LogP) is 3.61. The number of carbonyl (C=O) groups excluding carboxylic acids is 1. The van der Waals surface area contributed by atoms with Crippen LogP contribution in [0.2, 0.25) is 0 Å². The second-order valence-electron chi connectivity index (χ2n) is 4.42. The zero-order valence-corrected chi connectivity index (χ0v) is 13.2. The Labute approximate surface area is 134 Å². The molecule has 0 fully saturated rings. The first-order chi connectivity index (χ1) is 10.1. The number of ketones is 1. The van der Waals surface area contributed by atoms with Gasteiger partial charge >= 0.3 is 0 Å². The van der Waals surface area contributed by atoms with E-state index >= 15 is 0 Å². The summed E-state index contributed by atoms with van der Waals surface area (Å²) < 4.78 is 6.22. The van der Waals surface area contributed by atoms with Crippen molar-refractivity contribution in [2.75, 3.05) is 0 Å². The van der Waals surface area contributed by atoms with E-state index in [4.69, 9.17) is 4.52 Å². The highest BCUT2D eigenvalue weighted by atomic mass is 127. The molecule has 21 heavy (non-hydrogen) atoms. The van der Waals surface area contributed by atoms with Gasteiger partial charge in [0.15, 0.2) is 5.78 Å². The van der Waals surface area contributed by atoms with Crippen LogP contribution in [0.4, 0.5) is 0 Å². The van der Waals surface area contributed by atoms with Crippen molar-refractivity contribution in [1.82, 2.24) is 15.1 Å². The predicted molar refractivity (Wildman–Crippen MR) is 85.7 cm³/mol. The molecule has 1 aromatic carbocycles. The highest BCUT2D eigenvalue weighted by molar-refractivity contribution is 14.1. The van der Waals surface area contributed by atoms with Gasteiger partial charge in [-0.25, -0.2) is 0 Å². The molecule has 0 saturated carbocycles. The van der Waals surface area contributed by atoms with Crippen LogP contribution in [0.15, 0.2) is 47.1 Å². The van der Waals surface area contributed by atoms with Gasteiger partial charge in [0.25, 0.3) is 5.89 Å². The molecule has 3 rings (SSSR count). The van der Waals surface area contributed by atoms with E-state index in [2.05, 4.69) is 37.7 Å². The van der Waals surface area contributed by atoms with Gasteiger partial charge in [0.05, 0.1) is 0 Å². The maximum absolute atomic E-state index is 11.5. The lowest BCUT2D eigenvalue weighted by Crippen LogP contribution is -1.94. The number of halogens is 1. The third-order valence-corrected chi connectivity index (χ3v) is 3.49. The molecule has 5 nitrogen and oxygen atoms in total. The molecule has 0 aliphatic heterocycles. The van der Waals surface area contributed by atoms with Crippen LogP contribution in [0.3, 0.4) is 0 Å². The molecular weight excluding hydrogens is 381 g/mol. The standard InChI is InChI=1S/C15H10IN3O2/c1-9(20)10-6-11(8-12(16)7-10)15-18-14(19-21-15)13-4-2-3-5-17-13/h2-8H,1H3. The fourth-order valence-corrected chi connectivity index (χ4v) is 2.53. The van der Waals surface area contributed by atoms with E-state index < -0.39 is 0 Å². The molecule has 0 spiro atoms. The summed E-state index contributed by atoms with van der Waals surface area (Å²) in [7, 11) is 0. The lowest BCUT2D eigenvalue weighted by molar-refractivity contribution is 0.101. The minimum Gasteiger partial charge on any atom is -0.334 e. The number of hydrogen-bond donors (Lipinski definition) is 0. The van der Waals surface area contributed by atoms with Crippen molar-refractivity contribution in [3.05, 3.63) is 51.7 Å². The average Bonchev–Trinajstić information content (AvgIpc) is 2.97. The molecule has 104 valence electrons. The zero-order valence-electron chi connectivity index (χ0n) is 11.1. The van der Waals surface area contributed by atoms with Gasteiger partial charge in [0.1, 0.15) is 5.69 Å². The van der Waals surface area contributed by atoms with E-state index in [0.29, 0.717) is 23.0 Å². The Morgan fingerprint density at radius 3 is 2.81 bits per heavy atom. The maximum Gasteiger partial charge on any atom is 0.258 e. The summed E-state index contributed by atoms with van der Waals surface area (Å²) in [5, 5.41) is 3.93. The molecular formula is C15H10IN3O2. The van der Waals surface area contributed by atoms with Crippen LogP contribution >= 0.6 is 22.6 Å². The van der Waals surface area contributed by atoms with Gasteiger partial charge in [0.2, 0.25) is 5.82 Å². The van der Waals surface area contributed by atoms with E-state index in [9.17, 15) is 4.79 Å². The molecule has 0 bridgehead atoms. The summed E-state index contributed by atoms with van der Waals surface area (Å²) >= 11 is 2.16. The van der Waals surface area contributed by atoms with E-state index in [1.807, 2.05) is 30.3 Å². The molecule has 3 aromatic rings. The molecule has 0 unspecified atom stereocenters. The van der Waals surface area contributed by atoms with Crippen molar-refractivity contribution in [3.8, 4) is 23.0 Å². The Morgan fingerprint density at radius 1 is 1.24 bits per heavy atom. The Balaban J connectivity index is 2.02. The van der Waals surface area contributed by atoms with Gasteiger partial charge in [-0.15, -0.1) is 0 Å². The van der Waals surface area contributed by atoms with Crippen molar-refractivity contribution in [2.24, 2.45) is 0 Å². The Bertz CT molecular complexity index is 800. The minimum absolute atomic E-state index is 0.000712. The van der Waals surface area contributed by atoms with Crippen LogP contribution in [0.5, 0.6) is 0 Å². The van der Waals surface area contributed by atoms with E-state index in [1.54, 1.807) is 12.3 Å². The SMILES string of the molecule is CC(=O)c1cc(I)cc(-c2nc(-c3ccccn3)no2)c1. The van der Waals surface area contributed by atoms with Gasteiger partial charge in [-0.1, -0.05) is 11.2 Å². The summed E-state index contributed by atoms with van der Waals surface area (Å²) in [6.07, 6.45) is 1.67. The monoisotopic (exact) mass is 391 g/mol. The van der Waals surface area contributed by atoms with Crippen molar-refractivity contribution in [2.45, 2.75) is 6.92 Å². The van der Waals surface area contributed by atoms with Gasteiger partial charge in [-0.05, 0) is 59.8 Å². The topological polar surface area (TPSA) is 68.9 Å². The second-order valence-corrected chi connectivity index (χ2v) is 5.67. The summed E-state index contributed by atoms with van der Waals surface area (Å²) in [4.78, 5) is 20.0.